The zero-order chi connectivity index (χ0) is 14.0. The highest BCUT2D eigenvalue weighted by molar-refractivity contribution is 6.30. The van der Waals surface area contributed by atoms with E-state index in [0.717, 1.165) is 11.4 Å². The normalized spacial score (nSPS) is 24.1. The van der Waals surface area contributed by atoms with Gasteiger partial charge in [0.2, 0.25) is 0 Å². The highest BCUT2D eigenvalue weighted by Gasteiger charge is 2.44. The molecular weight excluding hydrogens is 268 g/mol. The van der Waals surface area contributed by atoms with Gasteiger partial charge in [-0.1, -0.05) is 36.6 Å². The molecule has 2 fully saturated rings. The van der Waals surface area contributed by atoms with Crippen molar-refractivity contribution in [1.29, 1.82) is 0 Å². The third-order valence-electron chi connectivity index (χ3n) is 5.26. The Hall–Kier alpha value is -0.570. The second kappa shape index (κ2) is 6.05. The Morgan fingerprint density at radius 2 is 1.65 bits per heavy atom. The van der Waals surface area contributed by atoms with Crippen molar-refractivity contribution in [2.24, 2.45) is 5.73 Å². The topological polar surface area (TPSA) is 29.3 Å². The summed E-state index contributed by atoms with van der Waals surface area (Å²) in [6.07, 6.45) is 8.89. The van der Waals surface area contributed by atoms with E-state index in [2.05, 4.69) is 17.0 Å². The predicted molar refractivity (Wildman–Crippen MR) is 85.1 cm³/mol. The van der Waals surface area contributed by atoms with Crippen LogP contribution in [0.3, 0.4) is 0 Å². The molecule has 3 heteroatoms. The Balaban J connectivity index is 1.75. The van der Waals surface area contributed by atoms with Gasteiger partial charge in [0, 0.05) is 16.6 Å². The maximum Gasteiger partial charge on any atom is 0.0406 e. The van der Waals surface area contributed by atoms with Crippen LogP contribution < -0.4 is 5.73 Å². The quantitative estimate of drug-likeness (QED) is 0.918. The molecule has 2 aliphatic rings. The summed E-state index contributed by atoms with van der Waals surface area (Å²) in [6, 6.07) is 8.43. The summed E-state index contributed by atoms with van der Waals surface area (Å²) in [5.41, 5.74) is 8.26. The van der Waals surface area contributed by atoms with Crippen molar-refractivity contribution in [2.45, 2.75) is 56.5 Å². The Morgan fingerprint density at radius 1 is 1.05 bits per heavy atom. The Morgan fingerprint density at radius 3 is 2.25 bits per heavy atom. The minimum Gasteiger partial charge on any atom is -0.326 e. The number of rotatable bonds is 4. The van der Waals surface area contributed by atoms with Crippen LogP contribution in [-0.4, -0.2) is 29.6 Å². The fourth-order valence-corrected chi connectivity index (χ4v) is 4.26. The van der Waals surface area contributed by atoms with Crippen LogP contribution in [-0.2, 0) is 6.42 Å². The van der Waals surface area contributed by atoms with Gasteiger partial charge in [-0.15, -0.1) is 0 Å². The van der Waals surface area contributed by atoms with Crippen molar-refractivity contribution < 1.29 is 0 Å². The third kappa shape index (κ3) is 2.74. The minimum atomic E-state index is 0.240. The summed E-state index contributed by atoms with van der Waals surface area (Å²) in [4.78, 5) is 2.70. The van der Waals surface area contributed by atoms with Gasteiger partial charge in [-0.2, -0.15) is 0 Å². The number of hydrogen-bond donors (Lipinski definition) is 1. The summed E-state index contributed by atoms with van der Waals surface area (Å²) in [5, 5.41) is 0.803. The second-order valence-electron chi connectivity index (χ2n) is 6.44. The molecular formula is C17H25ClN2. The molecule has 1 heterocycles. The molecule has 110 valence electrons. The van der Waals surface area contributed by atoms with Crippen LogP contribution in [0.2, 0.25) is 5.02 Å². The van der Waals surface area contributed by atoms with E-state index in [1.807, 2.05) is 12.1 Å². The molecule has 2 N–H and O–H groups in total. The zero-order valence-corrected chi connectivity index (χ0v) is 12.9. The number of likely N-dealkylation sites (tertiary alicyclic amines) is 1. The molecule has 2 nitrogen and oxygen atoms in total. The first-order valence-electron chi connectivity index (χ1n) is 7.96. The van der Waals surface area contributed by atoms with E-state index in [-0.39, 0.29) is 11.6 Å². The molecule has 0 amide bonds. The summed E-state index contributed by atoms with van der Waals surface area (Å²) in [5.74, 6) is 0. The minimum absolute atomic E-state index is 0.240. The molecule has 1 atom stereocenters. The zero-order valence-electron chi connectivity index (χ0n) is 12.2. The lowest BCUT2D eigenvalue weighted by Gasteiger charge is -2.43. The SMILES string of the molecule is NC(Cc1ccc(Cl)cc1)C1(N2CCCC2)CCCC1. The number of nitrogens with two attached hydrogens (primary N) is 1. The first-order valence-corrected chi connectivity index (χ1v) is 8.34. The van der Waals surface area contributed by atoms with Crippen molar-refractivity contribution in [2.75, 3.05) is 13.1 Å². The van der Waals surface area contributed by atoms with Gasteiger partial charge < -0.3 is 5.73 Å². The van der Waals surface area contributed by atoms with Crippen molar-refractivity contribution >= 4 is 11.6 Å². The smallest absolute Gasteiger partial charge is 0.0406 e. The van der Waals surface area contributed by atoms with E-state index in [1.165, 1.54) is 57.2 Å². The molecule has 1 saturated carbocycles. The molecule has 1 aliphatic carbocycles. The maximum atomic E-state index is 6.69. The molecule has 1 unspecified atom stereocenters. The Bertz CT molecular complexity index is 431. The van der Waals surface area contributed by atoms with E-state index in [0.29, 0.717) is 0 Å². The van der Waals surface area contributed by atoms with Gasteiger partial charge >= 0.3 is 0 Å². The summed E-state index contributed by atoms with van der Waals surface area (Å²) in [7, 11) is 0. The van der Waals surface area contributed by atoms with E-state index in [1.54, 1.807) is 0 Å². The molecule has 0 aromatic heterocycles. The van der Waals surface area contributed by atoms with Crippen LogP contribution in [0.4, 0.5) is 0 Å². The molecule has 1 saturated heterocycles. The van der Waals surface area contributed by atoms with Gasteiger partial charge in [-0.05, 0) is 62.9 Å². The van der Waals surface area contributed by atoms with Crippen molar-refractivity contribution in [3.63, 3.8) is 0 Å². The first-order chi connectivity index (χ1) is 9.71. The summed E-state index contributed by atoms with van der Waals surface area (Å²) < 4.78 is 0. The van der Waals surface area contributed by atoms with Crippen LogP contribution in [0.25, 0.3) is 0 Å². The third-order valence-corrected chi connectivity index (χ3v) is 5.52. The van der Waals surface area contributed by atoms with Crippen molar-refractivity contribution in [3.05, 3.63) is 34.9 Å². The lowest BCUT2D eigenvalue weighted by Crippen LogP contribution is -2.58. The van der Waals surface area contributed by atoms with Gasteiger partial charge in [0.15, 0.2) is 0 Å². The first kappa shape index (κ1) is 14.4. The predicted octanol–water partition coefficient (Wildman–Crippen LogP) is 3.62. The highest BCUT2D eigenvalue weighted by Crippen LogP contribution is 2.40. The lowest BCUT2D eigenvalue weighted by molar-refractivity contribution is 0.0921. The molecule has 20 heavy (non-hydrogen) atoms. The van der Waals surface area contributed by atoms with Crippen LogP contribution in [0.15, 0.2) is 24.3 Å². The number of halogens is 1. The summed E-state index contributed by atoms with van der Waals surface area (Å²) >= 11 is 5.97. The van der Waals surface area contributed by atoms with Gasteiger partial charge in [-0.3, -0.25) is 4.90 Å². The van der Waals surface area contributed by atoms with Crippen LogP contribution >= 0.6 is 11.6 Å². The molecule has 0 radical (unpaired) electrons. The van der Waals surface area contributed by atoms with Crippen molar-refractivity contribution in [1.82, 2.24) is 4.90 Å². The number of benzene rings is 1. The highest BCUT2D eigenvalue weighted by atomic mass is 35.5. The van der Waals surface area contributed by atoms with Crippen LogP contribution in [0.1, 0.15) is 44.1 Å². The van der Waals surface area contributed by atoms with E-state index in [9.17, 15) is 0 Å². The molecule has 3 rings (SSSR count). The maximum absolute atomic E-state index is 6.69. The summed E-state index contributed by atoms with van der Waals surface area (Å²) in [6.45, 7) is 2.49. The number of hydrogen-bond acceptors (Lipinski definition) is 2. The fourth-order valence-electron chi connectivity index (χ4n) is 4.14. The largest absolute Gasteiger partial charge is 0.326 e. The second-order valence-corrected chi connectivity index (χ2v) is 6.88. The molecule has 1 aromatic rings. The van der Waals surface area contributed by atoms with Gasteiger partial charge in [0.05, 0.1) is 0 Å². The molecule has 1 aromatic carbocycles. The standard InChI is InChI=1S/C17H25ClN2/c18-15-7-5-14(6-8-15)13-16(19)17(9-1-2-10-17)20-11-3-4-12-20/h5-8,16H,1-4,9-13,19H2. The fraction of sp³-hybridized carbons (Fsp3) is 0.647. The molecule has 0 bridgehead atoms. The van der Waals surface area contributed by atoms with Gasteiger partial charge in [0.1, 0.15) is 0 Å². The van der Waals surface area contributed by atoms with E-state index >= 15 is 0 Å². The van der Waals surface area contributed by atoms with Gasteiger partial charge in [0.25, 0.3) is 0 Å². The molecule has 0 spiro atoms. The van der Waals surface area contributed by atoms with E-state index in [4.69, 9.17) is 17.3 Å². The van der Waals surface area contributed by atoms with Crippen molar-refractivity contribution in [3.8, 4) is 0 Å². The lowest BCUT2D eigenvalue weighted by atomic mass is 9.83. The van der Waals surface area contributed by atoms with Gasteiger partial charge in [-0.25, -0.2) is 0 Å². The molecule has 1 aliphatic heterocycles. The monoisotopic (exact) mass is 292 g/mol. The Labute approximate surface area is 127 Å². The number of nitrogens with zero attached hydrogens (tertiary/aromatic N) is 1. The van der Waals surface area contributed by atoms with Crippen LogP contribution in [0.5, 0.6) is 0 Å². The van der Waals surface area contributed by atoms with E-state index < -0.39 is 0 Å². The average Bonchev–Trinajstić information content (AvgIpc) is 3.12. The van der Waals surface area contributed by atoms with Crippen LogP contribution in [0, 0.1) is 0 Å². The Kier molecular flexibility index (Phi) is 4.34. The average molecular weight is 293 g/mol.